The van der Waals surface area contributed by atoms with Crippen molar-refractivity contribution in [3.63, 3.8) is 0 Å². The normalized spacial score (nSPS) is 12.2. The second-order valence-corrected chi connectivity index (χ2v) is 6.86. The molecule has 0 aliphatic heterocycles. The summed E-state index contributed by atoms with van der Waals surface area (Å²) >= 11 is 0. The number of para-hydroxylation sites is 1. The molecule has 1 atom stereocenters. The third-order valence-electron chi connectivity index (χ3n) is 4.22. The Labute approximate surface area is 165 Å². The molecule has 0 radical (unpaired) electrons. The number of nitrogens with zero attached hydrogens (tertiary/aromatic N) is 1. The summed E-state index contributed by atoms with van der Waals surface area (Å²) in [6.07, 6.45) is 0.406. The molecular formula is C23H24N2O3. The van der Waals surface area contributed by atoms with Crippen LogP contribution in [0.25, 0.3) is 6.08 Å². The summed E-state index contributed by atoms with van der Waals surface area (Å²) in [5.74, 6) is -1.05. The first-order valence-corrected chi connectivity index (χ1v) is 9.11. The van der Waals surface area contributed by atoms with E-state index >= 15 is 0 Å². The fraction of sp³-hybridized carbons (Fsp3) is 0.261. The number of aryl methyl sites for hydroxylation is 1. The highest BCUT2D eigenvalue weighted by atomic mass is 16.5. The van der Waals surface area contributed by atoms with Gasteiger partial charge in [0.2, 0.25) is 0 Å². The molecule has 0 heterocycles. The van der Waals surface area contributed by atoms with Crippen molar-refractivity contribution >= 4 is 23.6 Å². The lowest BCUT2D eigenvalue weighted by Crippen LogP contribution is -2.30. The standard InChI is InChI=1S/C23H24N2O3/c1-15(2)20-7-5-6-8-21(20)25-22(26)17(4)28-23(27)19(14-24)13-18-11-9-16(3)10-12-18/h5-13,15,17H,1-4H3,(H,25,26)/b19-13+/t17-/m1/s1. The molecule has 2 aromatic rings. The molecule has 0 aliphatic rings. The molecule has 0 aromatic heterocycles. The molecule has 0 unspecified atom stereocenters. The van der Waals surface area contributed by atoms with E-state index < -0.39 is 18.0 Å². The summed E-state index contributed by atoms with van der Waals surface area (Å²) in [5, 5.41) is 12.1. The van der Waals surface area contributed by atoms with Crippen molar-refractivity contribution in [1.29, 1.82) is 5.26 Å². The number of hydrogen-bond donors (Lipinski definition) is 1. The average molecular weight is 376 g/mol. The first-order chi connectivity index (χ1) is 13.3. The van der Waals surface area contributed by atoms with Gasteiger partial charge in [0.25, 0.3) is 5.91 Å². The summed E-state index contributed by atoms with van der Waals surface area (Å²) in [4.78, 5) is 24.7. The minimum atomic E-state index is -1.04. The van der Waals surface area contributed by atoms with Gasteiger partial charge in [0.1, 0.15) is 11.6 Å². The Bertz CT molecular complexity index is 922. The zero-order chi connectivity index (χ0) is 20.7. The fourth-order valence-corrected chi connectivity index (χ4v) is 2.59. The number of amides is 1. The van der Waals surface area contributed by atoms with Gasteiger partial charge < -0.3 is 10.1 Å². The van der Waals surface area contributed by atoms with Gasteiger partial charge in [-0.2, -0.15) is 5.26 Å². The van der Waals surface area contributed by atoms with Crippen LogP contribution in [0.4, 0.5) is 5.69 Å². The van der Waals surface area contributed by atoms with Gasteiger partial charge in [-0.1, -0.05) is 61.9 Å². The first-order valence-electron chi connectivity index (χ1n) is 9.11. The number of esters is 1. The molecule has 144 valence electrons. The van der Waals surface area contributed by atoms with Crippen molar-refractivity contribution < 1.29 is 14.3 Å². The van der Waals surface area contributed by atoms with Gasteiger partial charge in [-0.05, 0) is 43.0 Å². The van der Waals surface area contributed by atoms with Crippen LogP contribution >= 0.6 is 0 Å². The van der Waals surface area contributed by atoms with Crippen LogP contribution in [0.3, 0.4) is 0 Å². The average Bonchev–Trinajstić information content (AvgIpc) is 2.67. The predicted molar refractivity (Wildman–Crippen MR) is 109 cm³/mol. The van der Waals surface area contributed by atoms with E-state index in [2.05, 4.69) is 5.32 Å². The maximum atomic E-state index is 12.4. The number of nitrogens with one attached hydrogen (secondary N) is 1. The largest absolute Gasteiger partial charge is 0.448 e. The minimum absolute atomic E-state index is 0.161. The summed E-state index contributed by atoms with van der Waals surface area (Å²) < 4.78 is 5.19. The molecule has 0 saturated carbocycles. The fourth-order valence-electron chi connectivity index (χ4n) is 2.59. The second-order valence-electron chi connectivity index (χ2n) is 6.86. The Morgan fingerprint density at radius 2 is 1.71 bits per heavy atom. The SMILES string of the molecule is Cc1ccc(/C=C(\C#N)C(=O)O[C@H](C)C(=O)Nc2ccccc2C(C)C)cc1. The third-order valence-corrected chi connectivity index (χ3v) is 4.22. The van der Waals surface area contributed by atoms with E-state index in [1.807, 2.05) is 57.2 Å². The van der Waals surface area contributed by atoms with Crippen molar-refractivity contribution in [3.8, 4) is 6.07 Å². The smallest absolute Gasteiger partial charge is 0.349 e. The Kier molecular flexibility index (Phi) is 7.11. The number of ether oxygens (including phenoxy) is 1. The predicted octanol–water partition coefficient (Wildman–Crippen LogP) is 4.60. The Morgan fingerprint density at radius 1 is 1.07 bits per heavy atom. The van der Waals surface area contributed by atoms with Gasteiger partial charge in [0, 0.05) is 5.69 Å². The third kappa shape index (κ3) is 5.55. The summed E-state index contributed by atoms with van der Waals surface area (Å²) in [5.41, 5.74) is 3.30. The molecule has 0 aliphatic carbocycles. The van der Waals surface area contributed by atoms with E-state index in [-0.39, 0.29) is 11.5 Å². The molecular weight excluding hydrogens is 352 g/mol. The Balaban J connectivity index is 2.07. The van der Waals surface area contributed by atoms with Gasteiger partial charge >= 0.3 is 5.97 Å². The monoisotopic (exact) mass is 376 g/mol. The van der Waals surface area contributed by atoms with Crippen molar-refractivity contribution in [1.82, 2.24) is 0 Å². The molecule has 2 rings (SSSR count). The lowest BCUT2D eigenvalue weighted by atomic mass is 10.0. The van der Waals surface area contributed by atoms with Gasteiger partial charge in [-0.15, -0.1) is 0 Å². The van der Waals surface area contributed by atoms with E-state index in [0.717, 1.165) is 11.1 Å². The molecule has 0 fully saturated rings. The molecule has 5 nitrogen and oxygen atoms in total. The van der Waals surface area contributed by atoms with Crippen LogP contribution in [-0.4, -0.2) is 18.0 Å². The van der Waals surface area contributed by atoms with Crippen LogP contribution in [0, 0.1) is 18.3 Å². The summed E-state index contributed by atoms with van der Waals surface area (Å²) in [7, 11) is 0. The molecule has 5 heteroatoms. The lowest BCUT2D eigenvalue weighted by molar-refractivity contribution is -0.148. The molecule has 1 amide bonds. The first kappa shape index (κ1) is 20.9. The Hall–Kier alpha value is -3.39. The van der Waals surface area contributed by atoms with Crippen molar-refractivity contribution in [2.24, 2.45) is 0 Å². The number of carbonyl (C=O) groups is 2. The molecule has 28 heavy (non-hydrogen) atoms. The molecule has 2 aromatic carbocycles. The van der Waals surface area contributed by atoms with Crippen LogP contribution in [-0.2, 0) is 14.3 Å². The highest BCUT2D eigenvalue weighted by molar-refractivity contribution is 6.01. The van der Waals surface area contributed by atoms with Crippen LogP contribution in [0.5, 0.6) is 0 Å². The number of nitriles is 1. The number of hydrogen-bond acceptors (Lipinski definition) is 4. The number of benzene rings is 2. The van der Waals surface area contributed by atoms with E-state index in [1.165, 1.54) is 13.0 Å². The second kappa shape index (κ2) is 9.52. The van der Waals surface area contributed by atoms with E-state index in [0.29, 0.717) is 11.3 Å². The highest BCUT2D eigenvalue weighted by Crippen LogP contribution is 2.24. The summed E-state index contributed by atoms with van der Waals surface area (Å²) in [6, 6.07) is 16.7. The van der Waals surface area contributed by atoms with Crippen molar-refractivity contribution in [3.05, 3.63) is 70.8 Å². The number of rotatable bonds is 6. The van der Waals surface area contributed by atoms with E-state index in [9.17, 15) is 14.9 Å². The maximum Gasteiger partial charge on any atom is 0.349 e. The molecule has 0 bridgehead atoms. The quantitative estimate of drug-likeness (QED) is 0.454. The van der Waals surface area contributed by atoms with Crippen molar-refractivity contribution in [2.75, 3.05) is 5.32 Å². The molecule has 1 N–H and O–H groups in total. The number of carbonyl (C=O) groups excluding carboxylic acids is 2. The molecule has 0 spiro atoms. The Morgan fingerprint density at radius 3 is 2.32 bits per heavy atom. The van der Waals surface area contributed by atoms with E-state index in [4.69, 9.17) is 4.74 Å². The van der Waals surface area contributed by atoms with Gasteiger partial charge in [-0.25, -0.2) is 4.79 Å². The van der Waals surface area contributed by atoms with Gasteiger partial charge in [-0.3, -0.25) is 4.79 Å². The van der Waals surface area contributed by atoms with Crippen LogP contribution < -0.4 is 5.32 Å². The van der Waals surface area contributed by atoms with Gasteiger partial charge in [0.05, 0.1) is 0 Å². The highest BCUT2D eigenvalue weighted by Gasteiger charge is 2.21. The van der Waals surface area contributed by atoms with Crippen LogP contribution in [0.1, 0.15) is 43.4 Å². The van der Waals surface area contributed by atoms with Crippen LogP contribution in [0.15, 0.2) is 54.1 Å². The van der Waals surface area contributed by atoms with Crippen LogP contribution in [0.2, 0.25) is 0 Å². The zero-order valence-corrected chi connectivity index (χ0v) is 16.5. The molecule has 0 saturated heterocycles. The summed E-state index contributed by atoms with van der Waals surface area (Å²) in [6.45, 7) is 7.49. The van der Waals surface area contributed by atoms with Crippen molar-refractivity contribution in [2.45, 2.75) is 39.7 Å². The zero-order valence-electron chi connectivity index (χ0n) is 16.5. The lowest BCUT2D eigenvalue weighted by Gasteiger charge is -2.17. The minimum Gasteiger partial charge on any atom is -0.448 e. The maximum absolute atomic E-state index is 12.4. The van der Waals surface area contributed by atoms with E-state index in [1.54, 1.807) is 18.2 Å². The number of anilines is 1. The topological polar surface area (TPSA) is 79.2 Å². The van der Waals surface area contributed by atoms with Gasteiger partial charge in [0.15, 0.2) is 6.10 Å².